The summed E-state index contributed by atoms with van der Waals surface area (Å²) >= 11 is 0. The lowest BCUT2D eigenvalue weighted by Gasteiger charge is -2.19. The van der Waals surface area contributed by atoms with Gasteiger partial charge in [0.05, 0.1) is 23.9 Å². The minimum Gasteiger partial charge on any atom is -0.497 e. The van der Waals surface area contributed by atoms with Gasteiger partial charge in [-0.15, -0.1) is 0 Å². The molecule has 0 radical (unpaired) electrons. The Morgan fingerprint density at radius 2 is 1.74 bits per heavy atom. The van der Waals surface area contributed by atoms with Gasteiger partial charge in [0.25, 0.3) is 11.8 Å². The molecular formula is C18H15NO4. The summed E-state index contributed by atoms with van der Waals surface area (Å²) in [6, 6.07) is 11.7. The van der Waals surface area contributed by atoms with Gasteiger partial charge < -0.3 is 9.47 Å². The summed E-state index contributed by atoms with van der Waals surface area (Å²) < 4.78 is 10.8. The number of carbonyl (C=O) groups is 2. The Labute approximate surface area is 133 Å². The van der Waals surface area contributed by atoms with Crippen LogP contribution in [0.5, 0.6) is 11.5 Å². The number of hydrogen-bond donors (Lipinski definition) is 0. The van der Waals surface area contributed by atoms with Crippen LogP contribution in [0, 0.1) is 0 Å². The SMILES string of the molecule is C=CCOc1ccc(OC)cc1N1C(=O)c2ccccc2C1=O. The molecule has 1 heterocycles. The van der Waals surface area contributed by atoms with Gasteiger partial charge in [0.2, 0.25) is 0 Å². The van der Waals surface area contributed by atoms with Crippen molar-refractivity contribution < 1.29 is 19.1 Å². The van der Waals surface area contributed by atoms with E-state index in [0.717, 1.165) is 4.90 Å². The number of carbonyl (C=O) groups excluding carboxylic acids is 2. The van der Waals surface area contributed by atoms with E-state index in [1.807, 2.05) is 0 Å². The van der Waals surface area contributed by atoms with Gasteiger partial charge in [0.15, 0.2) is 0 Å². The number of fused-ring (bicyclic) bond motifs is 1. The van der Waals surface area contributed by atoms with E-state index in [1.54, 1.807) is 48.5 Å². The second-order valence-corrected chi connectivity index (χ2v) is 4.92. The van der Waals surface area contributed by atoms with E-state index in [9.17, 15) is 9.59 Å². The first-order valence-electron chi connectivity index (χ1n) is 7.07. The zero-order chi connectivity index (χ0) is 16.4. The van der Waals surface area contributed by atoms with Crippen LogP contribution in [0.4, 0.5) is 5.69 Å². The van der Waals surface area contributed by atoms with Gasteiger partial charge in [0.1, 0.15) is 18.1 Å². The molecule has 0 N–H and O–H groups in total. The van der Waals surface area contributed by atoms with Crippen LogP contribution in [0.3, 0.4) is 0 Å². The van der Waals surface area contributed by atoms with Gasteiger partial charge in [-0.25, -0.2) is 4.90 Å². The quantitative estimate of drug-likeness (QED) is 0.629. The summed E-state index contributed by atoms with van der Waals surface area (Å²) in [5, 5.41) is 0. The molecule has 0 atom stereocenters. The zero-order valence-corrected chi connectivity index (χ0v) is 12.6. The molecule has 2 aromatic rings. The molecule has 23 heavy (non-hydrogen) atoms. The second kappa shape index (κ2) is 5.96. The summed E-state index contributed by atoms with van der Waals surface area (Å²) in [6.07, 6.45) is 1.59. The Balaban J connectivity index is 2.09. The molecule has 1 aliphatic heterocycles. The van der Waals surface area contributed by atoms with Crippen molar-refractivity contribution in [2.75, 3.05) is 18.6 Å². The summed E-state index contributed by atoms with van der Waals surface area (Å²) in [4.78, 5) is 26.4. The van der Waals surface area contributed by atoms with E-state index in [1.165, 1.54) is 7.11 Å². The minimum atomic E-state index is -0.373. The van der Waals surface area contributed by atoms with Crippen LogP contribution in [0.25, 0.3) is 0 Å². The van der Waals surface area contributed by atoms with Gasteiger partial charge in [0, 0.05) is 6.07 Å². The van der Waals surface area contributed by atoms with E-state index in [2.05, 4.69) is 6.58 Å². The van der Waals surface area contributed by atoms with E-state index in [4.69, 9.17) is 9.47 Å². The third kappa shape index (κ3) is 2.46. The van der Waals surface area contributed by atoms with Crippen LogP contribution in [0.2, 0.25) is 0 Å². The average Bonchev–Trinajstić information content (AvgIpc) is 2.84. The predicted octanol–water partition coefficient (Wildman–Crippen LogP) is 3.06. The fraction of sp³-hybridized carbons (Fsp3) is 0.111. The third-order valence-corrected chi connectivity index (χ3v) is 3.56. The van der Waals surface area contributed by atoms with E-state index in [0.29, 0.717) is 28.3 Å². The minimum absolute atomic E-state index is 0.266. The predicted molar refractivity (Wildman–Crippen MR) is 86.3 cm³/mol. The third-order valence-electron chi connectivity index (χ3n) is 3.56. The van der Waals surface area contributed by atoms with Crippen LogP contribution in [-0.4, -0.2) is 25.5 Å². The fourth-order valence-electron chi connectivity index (χ4n) is 2.48. The normalized spacial score (nSPS) is 13.0. The number of ether oxygens (including phenoxy) is 2. The van der Waals surface area contributed by atoms with Crippen molar-refractivity contribution in [1.82, 2.24) is 0 Å². The largest absolute Gasteiger partial charge is 0.497 e. The molecular weight excluding hydrogens is 294 g/mol. The van der Waals surface area contributed by atoms with Crippen LogP contribution >= 0.6 is 0 Å². The van der Waals surface area contributed by atoms with Crippen LogP contribution in [-0.2, 0) is 0 Å². The van der Waals surface area contributed by atoms with E-state index in [-0.39, 0.29) is 18.4 Å². The number of imide groups is 1. The van der Waals surface area contributed by atoms with Gasteiger partial charge in [-0.05, 0) is 24.3 Å². The molecule has 0 aromatic heterocycles. The standard InChI is InChI=1S/C18H15NO4/c1-3-10-23-16-9-8-12(22-2)11-15(16)19-17(20)13-6-4-5-7-14(13)18(19)21/h3-9,11H,1,10H2,2H3. The molecule has 0 saturated heterocycles. The first-order valence-corrected chi connectivity index (χ1v) is 7.07. The molecule has 0 saturated carbocycles. The molecule has 5 nitrogen and oxygen atoms in total. The van der Waals surface area contributed by atoms with Crippen molar-refractivity contribution in [1.29, 1.82) is 0 Å². The molecule has 1 aliphatic rings. The highest BCUT2D eigenvalue weighted by molar-refractivity contribution is 6.34. The van der Waals surface area contributed by atoms with Gasteiger partial charge in [-0.2, -0.15) is 0 Å². The number of rotatable bonds is 5. The maximum absolute atomic E-state index is 12.6. The summed E-state index contributed by atoms with van der Waals surface area (Å²) in [5.41, 5.74) is 1.13. The monoisotopic (exact) mass is 309 g/mol. The van der Waals surface area contributed by atoms with Crippen molar-refractivity contribution in [2.45, 2.75) is 0 Å². The molecule has 116 valence electrons. The highest BCUT2D eigenvalue weighted by atomic mass is 16.5. The van der Waals surface area contributed by atoms with Crippen molar-refractivity contribution in [3.63, 3.8) is 0 Å². The molecule has 0 bridgehead atoms. The smallest absolute Gasteiger partial charge is 0.266 e. The summed E-state index contributed by atoms with van der Waals surface area (Å²) in [5.74, 6) is 0.201. The lowest BCUT2D eigenvalue weighted by Crippen LogP contribution is -2.29. The first-order chi connectivity index (χ1) is 11.2. The molecule has 0 spiro atoms. The molecule has 0 aliphatic carbocycles. The van der Waals surface area contributed by atoms with E-state index >= 15 is 0 Å². The number of anilines is 1. The first kappa shape index (κ1) is 14.8. The number of amides is 2. The fourth-order valence-corrected chi connectivity index (χ4v) is 2.48. The number of nitrogens with zero attached hydrogens (tertiary/aromatic N) is 1. The highest BCUT2D eigenvalue weighted by Gasteiger charge is 2.37. The molecule has 0 fully saturated rings. The summed E-state index contributed by atoms with van der Waals surface area (Å²) in [6.45, 7) is 3.87. The lowest BCUT2D eigenvalue weighted by molar-refractivity contribution is 0.0925. The molecule has 5 heteroatoms. The Morgan fingerprint density at radius 3 is 2.30 bits per heavy atom. The van der Waals surface area contributed by atoms with Gasteiger partial charge in [-0.1, -0.05) is 24.8 Å². The van der Waals surface area contributed by atoms with Crippen molar-refractivity contribution >= 4 is 17.5 Å². The van der Waals surface area contributed by atoms with Crippen LogP contribution in [0.1, 0.15) is 20.7 Å². The van der Waals surface area contributed by atoms with Gasteiger partial charge in [-0.3, -0.25) is 9.59 Å². The Kier molecular flexibility index (Phi) is 3.85. The Morgan fingerprint density at radius 1 is 1.09 bits per heavy atom. The summed E-state index contributed by atoms with van der Waals surface area (Å²) in [7, 11) is 1.52. The Hall–Kier alpha value is -3.08. The molecule has 3 rings (SSSR count). The van der Waals surface area contributed by atoms with Crippen molar-refractivity contribution in [3.05, 3.63) is 66.2 Å². The number of methoxy groups -OCH3 is 1. The molecule has 2 amide bonds. The second-order valence-electron chi connectivity index (χ2n) is 4.92. The molecule has 0 unspecified atom stereocenters. The average molecular weight is 309 g/mol. The molecule has 2 aromatic carbocycles. The maximum Gasteiger partial charge on any atom is 0.266 e. The van der Waals surface area contributed by atoms with Crippen molar-refractivity contribution in [2.24, 2.45) is 0 Å². The van der Waals surface area contributed by atoms with E-state index < -0.39 is 0 Å². The maximum atomic E-state index is 12.6. The van der Waals surface area contributed by atoms with Crippen LogP contribution < -0.4 is 14.4 Å². The Bertz CT molecular complexity index is 762. The highest BCUT2D eigenvalue weighted by Crippen LogP contribution is 2.37. The van der Waals surface area contributed by atoms with Gasteiger partial charge >= 0.3 is 0 Å². The van der Waals surface area contributed by atoms with Crippen LogP contribution in [0.15, 0.2) is 55.1 Å². The zero-order valence-electron chi connectivity index (χ0n) is 12.6. The number of hydrogen-bond acceptors (Lipinski definition) is 4. The number of benzene rings is 2. The topological polar surface area (TPSA) is 55.8 Å². The van der Waals surface area contributed by atoms with Crippen molar-refractivity contribution in [3.8, 4) is 11.5 Å². The lowest BCUT2D eigenvalue weighted by atomic mass is 10.1.